The van der Waals surface area contributed by atoms with Crippen molar-refractivity contribution in [3.8, 4) is 11.4 Å². The fraction of sp³-hybridized carbons (Fsp3) is 0.0833. The molecular weight excluding hydrogens is 453 g/mol. The van der Waals surface area contributed by atoms with Crippen LogP contribution in [0.5, 0.6) is 0 Å². The Morgan fingerprint density at radius 1 is 1.17 bits per heavy atom. The number of hydrogen-bond donors (Lipinski definition) is 2. The van der Waals surface area contributed by atoms with Gasteiger partial charge in [-0.05, 0) is 36.8 Å². The van der Waals surface area contributed by atoms with Crippen molar-refractivity contribution >= 4 is 23.2 Å². The van der Waals surface area contributed by atoms with Gasteiger partial charge < -0.3 is 10.6 Å². The normalized spacial score (nSPS) is 14.7. The van der Waals surface area contributed by atoms with E-state index in [0.29, 0.717) is 34.0 Å². The maximum atomic E-state index is 13.7. The molecule has 0 saturated carbocycles. The maximum Gasteiger partial charge on any atom is 0.270 e. The highest BCUT2D eigenvalue weighted by Gasteiger charge is 2.34. The Morgan fingerprint density at radius 2 is 1.97 bits per heavy atom. The van der Waals surface area contributed by atoms with E-state index in [-0.39, 0.29) is 11.5 Å². The number of carbonyl (C=O) groups excluding carboxylic acids is 1. The van der Waals surface area contributed by atoms with Crippen LogP contribution in [0.25, 0.3) is 11.4 Å². The van der Waals surface area contributed by atoms with Gasteiger partial charge in [-0.3, -0.25) is 19.9 Å². The van der Waals surface area contributed by atoms with Crippen molar-refractivity contribution in [2.24, 2.45) is 0 Å². The standard InChI is InChI=1S/C24H18FN7O3/c1-14-20(23(33)28-18-5-3-11-26-13-18)21(15-7-9-17(25)10-8-15)31-24(27-14)29-22(30-31)16-4-2-6-19(12-16)32(34)35/h2-13,21H,1H3,(H,28,33)(H,27,29,30). The van der Waals surface area contributed by atoms with Crippen LogP contribution >= 0.6 is 0 Å². The Bertz CT molecular complexity index is 1470. The molecule has 1 aliphatic rings. The van der Waals surface area contributed by atoms with E-state index < -0.39 is 22.7 Å². The van der Waals surface area contributed by atoms with Crippen molar-refractivity contribution < 1.29 is 14.1 Å². The molecule has 1 amide bonds. The molecular formula is C24H18FN7O3. The summed E-state index contributed by atoms with van der Waals surface area (Å²) in [6.45, 7) is 1.74. The first-order valence-electron chi connectivity index (χ1n) is 10.6. The summed E-state index contributed by atoms with van der Waals surface area (Å²) in [6, 6.07) is 14.4. The number of nitrogens with zero attached hydrogens (tertiary/aromatic N) is 5. The van der Waals surface area contributed by atoms with E-state index in [0.717, 1.165) is 0 Å². The summed E-state index contributed by atoms with van der Waals surface area (Å²) in [5.41, 5.74) is 2.36. The van der Waals surface area contributed by atoms with E-state index in [1.807, 2.05) is 0 Å². The molecule has 0 radical (unpaired) electrons. The molecule has 3 heterocycles. The number of halogens is 1. The lowest BCUT2D eigenvalue weighted by atomic mass is 9.95. The molecule has 0 bridgehead atoms. The number of carbonyl (C=O) groups is 1. The van der Waals surface area contributed by atoms with Crippen LogP contribution in [0, 0.1) is 15.9 Å². The Kier molecular flexibility index (Phi) is 5.49. The highest BCUT2D eigenvalue weighted by Crippen LogP contribution is 2.37. The van der Waals surface area contributed by atoms with Gasteiger partial charge in [-0.15, -0.1) is 5.10 Å². The number of allylic oxidation sites excluding steroid dienone is 1. The third-order valence-corrected chi connectivity index (χ3v) is 5.52. The van der Waals surface area contributed by atoms with E-state index in [1.165, 1.54) is 35.1 Å². The molecule has 35 heavy (non-hydrogen) atoms. The molecule has 174 valence electrons. The largest absolute Gasteiger partial charge is 0.328 e. The van der Waals surface area contributed by atoms with Gasteiger partial charge in [0, 0.05) is 29.6 Å². The summed E-state index contributed by atoms with van der Waals surface area (Å²) in [6.07, 6.45) is 3.12. The number of rotatable bonds is 5. The second kappa shape index (κ2) is 8.78. The highest BCUT2D eigenvalue weighted by atomic mass is 19.1. The van der Waals surface area contributed by atoms with Gasteiger partial charge in [0.05, 0.1) is 22.4 Å². The van der Waals surface area contributed by atoms with Crippen LogP contribution in [0.4, 0.5) is 21.7 Å². The lowest BCUT2D eigenvalue weighted by Gasteiger charge is -2.28. The molecule has 2 N–H and O–H groups in total. The quantitative estimate of drug-likeness (QED) is 0.328. The molecule has 5 rings (SSSR count). The summed E-state index contributed by atoms with van der Waals surface area (Å²) < 4.78 is 15.2. The number of amides is 1. The smallest absolute Gasteiger partial charge is 0.270 e. The van der Waals surface area contributed by atoms with E-state index in [9.17, 15) is 19.3 Å². The zero-order valence-electron chi connectivity index (χ0n) is 18.3. The first-order valence-corrected chi connectivity index (χ1v) is 10.6. The van der Waals surface area contributed by atoms with E-state index in [2.05, 4.69) is 25.7 Å². The Hall–Kier alpha value is -4.93. The molecule has 0 fully saturated rings. The number of nitro groups is 1. The first-order chi connectivity index (χ1) is 16.9. The molecule has 11 heteroatoms. The van der Waals surface area contributed by atoms with Crippen LogP contribution in [-0.2, 0) is 4.79 Å². The van der Waals surface area contributed by atoms with Crippen molar-refractivity contribution in [1.29, 1.82) is 0 Å². The summed E-state index contributed by atoms with van der Waals surface area (Å²) in [5, 5.41) is 21.7. The summed E-state index contributed by atoms with van der Waals surface area (Å²) >= 11 is 0. The molecule has 1 aliphatic heterocycles. The Balaban J connectivity index is 1.60. The molecule has 10 nitrogen and oxygen atoms in total. The predicted octanol–water partition coefficient (Wildman–Crippen LogP) is 4.32. The number of benzene rings is 2. The highest BCUT2D eigenvalue weighted by molar-refractivity contribution is 6.05. The number of aromatic nitrogens is 4. The molecule has 1 unspecified atom stereocenters. The minimum atomic E-state index is -0.733. The first kappa shape index (κ1) is 21.9. The minimum Gasteiger partial charge on any atom is -0.328 e. The van der Waals surface area contributed by atoms with Gasteiger partial charge in [-0.1, -0.05) is 24.3 Å². The van der Waals surface area contributed by atoms with Crippen molar-refractivity contribution in [3.05, 3.63) is 106 Å². The number of pyridine rings is 1. The predicted molar refractivity (Wildman–Crippen MR) is 126 cm³/mol. The third-order valence-electron chi connectivity index (χ3n) is 5.52. The van der Waals surface area contributed by atoms with E-state index in [1.54, 1.807) is 49.5 Å². The molecule has 4 aromatic rings. The molecule has 0 aliphatic carbocycles. The van der Waals surface area contributed by atoms with Gasteiger partial charge >= 0.3 is 0 Å². The number of nitrogens with one attached hydrogen (secondary N) is 2. The Labute approximate surface area is 198 Å². The second-order valence-corrected chi connectivity index (χ2v) is 7.82. The minimum absolute atomic E-state index is 0.0934. The lowest BCUT2D eigenvalue weighted by Crippen LogP contribution is -2.31. The van der Waals surface area contributed by atoms with Gasteiger partial charge in [0.25, 0.3) is 11.6 Å². The van der Waals surface area contributed by atoms with Crippen molar-refractivity contribution in [3.63, 3.8) is 0 Å². The number of hydrogen-bond acceptors (Lipinski definition) is 7. The van der Waals surface area contributed by atoms with Gasteiger partial charge in [-0.2, -0.15) is 4.98 Å². The molecule has 0 saturated heterocycles. The van der Waals surface area contributed by atoms with Crippen LogP contribution < -0.4 is 10.6 Å². The average Bonchev–Trinajstić information content (AvgIpc) is 3.28. The number of non-ortho nitro benzene ring substituents is 1. The van der Waals surface area contributed by atoms with E-state index >= 15 is 0 Å². The van der Waals surface area contributed by atoms with E-state index in [4.69, 9.17) is 0 Å². The van der Waals surface area contributed by atoms with Crippen LogP contribution in [-0.4, -0.2) is 30.6 Å². The van der Waals surface area contributed by atoms with Crippen molar-refractivity contribution in [2.45, 2.75) is 13.0 Å². The fourth-order valence-electron chi connectivity index (χ4n) is 3.91. The topological polar surface area (TPSA) is 128 Å². The SMILES string of the molecule is CC1=C(C(=O)Nc2cccnc2)C(c2ccc(F)cc2)n2nc(-c3cccc([N+](=O)[O-])c3)nc2N1. The van der Waals surface area contributed by atoms with Crippen LogP contribution in [0.15, 0.2) is 84.3 Å². The maximum absolute atomic E-state index is 13.7. The zero-order chi connectivity index (χ0) is 24.5. The van der Waals surface area contributed by atoms with Gasteiger partial charge in [0.2, 0.25) is 5.95 Å². The van der Waals surface area contributed by atoms with Crippen molar-refractivity contribution in [1.82, 2.24) is 19.7 Å². The molecule has 2 aromatic carbocycles. The third kappa shape index (κ3) is 4.22. The zero-order valence-corrected chi connectivity index (χ0v) is 18.3. The monoisotopic (exact) mass is 471 g/mol. The average molecular weight is 471 g/mol. The molecule has 0 spiro atoms. The Morgan fingerprint density at radius 3 is 2.69 bits per heavy atom. The summed E-state index contributed by atoms with van der Waals surface area (Å²) in [4.78, 5) is 32.6. The summed E-state index contributed by atoms with van der Waals surface area (Å²) in [5.74, 6) is -0.225. The molecule has 1 atom stereocenters. The van der Waals surface area contributed by atoms with Gasteiger partial charge in [0.15, 0.2) is 5.82 Å². The van der Waals surface area contributed by atoms with Crippen molar-refractivity contribution in [2.75, 3.05) is 10.6 Å². The van der Waals surface area contributed by atoms with Crippen LogP contribution in [0.2, 0.25) is 0 Å². The van der Waals surface area contributed by atoms with Gasteiger partial charge in [0.1, 0.15) is 11.9 Å². The number of nitro benzene ring substituents is 1. The van der Waals surface area contributed by atoms with Crippen LogP contribution in [0.1, 0.15) is 18.5 Å². The lowest BCUT2D eigenvalue weighted by molar-refractivity contribution is -0.384. The second-order valence-electron chi connectivity index (χ2n) is 7.82. The molecule has 2 aromatic heterocycles. The summed E-state index contributed by atoms with van der Waals surface area (Å²) in [7, 11) is 0. The number of anilines is 2. The fourth-order valence-corrected chi connectivity index (χ4v) is 3.91. The van der Waals surface area contributed by atoms with Gasteiger partial charge in [-0.25, -0.2) is 9.07 Å². The number of fused-ring (bicyclic) bond motifs is 1. The van der Waals surface area contributed by atoms with Crippen LogP contribution in [0.3, 0.4) is 0 Å².